The molecule has 3 atom stereocenters. The molecule has 3 unspecified atom stereocenters. The average molecular weight is 286 g/mol. The van der Waals surface area contributed by atoms with Crippen molar-refractivity contribution in [1.82, 2.24) is 9.55 Å². The van der Waals surface area contributed by atoms with Crippen molar-refractivity contribution in [1.29, 1.82) is 0 Å². The minimum Gasteiger partial charge on any atom is -0.478 e. The van der Waals surface area contributed by atoms with Crippen molar-refractivity contribution in [2.24, 2.45) is 11.8 Å². The number of carboxylic acids is 1. The molecule has 0 spiro atoms. The van der Waals surface area contributed by atoms with Crippen molar-refractivity contribution < 1.29 is 9.90 Å². The maximum Gasteiger partial charge on any atom is 0.335 e. The molecular formula is C17H22N2O2. The normalized spacial score (nSPS) is 25.6. The molecule has 4 nitrogen and oxygen atoms in total. The third kappa shape index (κ3) is 2.23. The molecule has 1 fully saturated rings. The molecule has 3 rings (SSSR count). The maximum absolute atomic E-state index is 11.1. The Morgan fingerprint density at radius 3 is 2.81 bits per heavy atom. The van der Waals surface area contributed by atoms with Crippen LogP contribution in [-0.2, 0) is 0 Å². The maximum atomic E-state index is 11.1. The lowest BCUT2D eigenvalue weighted by Crippen LogP contribution is -2.16. The molecule has 2 aromatic rings. The van der Waals surface area contributed by atoms with E-state index in [2.05, 4.69) is 23.4 Å². The number of benzene rings is 1. The highest BCUT2D eigenvalue weighted by Gasteiger charge is 2.34. The van der Waals surface area contributed by atoms with Crippen molar-refractivity contribution in [3.8, 4) is 0 Å². The summed E-state index contributed by atoms with van der Waals surface area (Å²) < 4.78 is 2.32. The number of rotatable bonds is 3. The predicted molar refractivity (Wildman–Crippen MR) is 82.6 cm³/mol. The van der Waals surface area contributed by atoms with E-state index in [1.807, 2.05) is 13.0 Å². The van der Waals surface area contributed by atoms with Gasteiger partial charge in [-0.15, -0.1) is 0 Å². The minimum absolute atomic E-state index is 0.304. The first-order valence-corrected chi connectivity index (χ1v) is 7.74. The van der Waals surface area contributed by atoms with Gasteiger partial charge in [0.05, 0.1) is 16.6 Å². The van der Waals surface area contributed by atoms with Crippen LogP contribution in [0, 0.1) is 18.8 Å². The smallest absolute Gasteiger partial charge is 0.335 e. The van der Waals surface area contributed by atoms with Crippen LogP contribution in [0.2, 0.25) is 0 Å². The number of hydrogen-bond donors (Lipinski definition) is 1. The lowest BCUT2D eigenvalue weighted by Gasteiger charge is -2.23. The number of imidazole rings is 1. The zero-order valence-electron chi connectivity index (χ0n) is 12.8. The molecule has 21 heavy (non-hydrogen) atoms. The molecule has 1 N–H and O–H groups in total. The number of fused-ring (bicyclic) bond motifs is 1. The topological polar surface area (TPSA) is 55.1 Å². The zero-order valence-corrected chi connectivity index (χ0v) is 12.8. The molecular weight excluding hydrogens is 264 g/mol. The fourth-order valence-electron chi connectivity index (χ4n) is 3.94. The van der Waals surface area contributed by atoms with Gasteiger partial charge in [-0.25, -0.2) is 9.78 Å². The summed E-state index contributed by atoms with van der Waals surface area (Å²) in [5.41, 5.74) is 2.16. The van der Waals surface area contributed by atoms with E-state index >= 15 is 0 Å². The summed E-state index contributed by atoms with van der Waals surface area (Å²) in [6.45, 7) is 6.62. The number of carboxylic acid groups (broad SMARTS) is 1. The van der Waals surface area contributed by atoms with Gasteiger partial charge in [0.2, 0.25) is 0 Å². The van der Waals surface area contributed by atoms with E-state index in [1.165, 1.54) is 19.3 Å². The van der Waals surface area contributed by atoms with Crippen LogP contribution in [0.3, 0.4) is 0 Å². The van der Waals surface area contributed by atoms with Crippen LogP contribution in [0.15, 0.2) is 18.2 Å². The molecule has 1 aromatic carbocycles. The summed E-state index contributed by atoms with van der Waals surface area (Å²) in [7, 11) is 0. The van der Waals surface area contributed by atoms with E-state index < -0.39 is 5.97 Å². The monoisotopic (exact) mass is 286 g/mol. The Bertz CT molecular complexity index is 689. The third-order valence-corrected chi connectivity index (χ3v) is 5.15. The number of aromatic carboxylic acids is 1. The third-order valence-electron chi connectivity index (χ3n) is 5.15. The Morgan fingerprint density at radius 1 is 1.43 bits per heavy atom. The van der Waals surface area contributed by atoms with Gasteiger partial charge in [-0.2, -0.15) is 0 Å². The van der Waals surface area contributed by atoms with Crippen molar-refractivity contribution in [3.63, 3.8) is 0 Å². The van der Waals surface area contributed by atoms with E-state index in [-0.39, 0.29) is 0 Å². The number of aryl methyl sites for hydroxylation is 1. The molecule has 1 heterocycles. The highest BCUT2D eigenvalue weighted by Crippen LogP contribution is 2.43. The fourth-order valence-corrected chi connectivity index (χ4v) is 3.94. The summed E-state index contributed by atoms with van der Waals surface area (Å²) in [6, 6.07) is 5.75. The second-order valence-corrected chi connectivity index (χ2v) is 6.21. The molecule has 0 radical (unpaired) electrons. The van der Waals surface area contributed by atoms with Gasteiger partial charge in [0.1, 0.15) is 5.82 Å². The van der Waals surface area contributed by atoms with Crippen LogP contribution in [0.1, 0.15) is 55.3 Å². The Kier molecular flexibility index (Phi) is 3.47. The quantitative estimate of drug-likeness (QED) is 0.926. The van der Waals surface area contributed by atoms with Gasteiger partial charge in [0.15, 0.2) is 0 Å². The lowest BCUT2D eigenvalue weighted by molar-refractivity contribution is 0.0697. The van der Waals surface area contributed by atoms with E-state index in [1.54, 1.807) is 12.1 Å². The van der Waals surface area contributed by atoms with E-state index in [0.717, 1.165) is 22.8 Å². The standard InChI is InChI=1S/C17H22N2O2/c1-4-12-5-7-15(10(12)2)19-11(3)18-14-9-13(17(20)21)6-8-16(14)19/h6,8-10,12,15H,4-5,7H2,1-3H3,(H,20,21). The van der Waals surface area contributed by atoms with E-state index in [9.17, 15) is 4.79 Å². The molecule has 1 aliphatic carbocycles. The molecule has 0 saturated heterocycles. The molecule has 0 bridgehead atoms. The van der Waals surface area contributed by atoms with Gasteiger partial charge in [0, 0.05) is 6.04 Å². The second-order valence-electron chi connectivity index (χ2n) is 6.21. The van der Waals surface area contributed by atoms with Crippen molar-refractivity contribution >= 4 is 17.0 Å². The molecule has 1 aromatic heterocycles. The molecule has 0 amide bonds. The first-order chi connectivity index (χ1) is 10.0. The summed E-state index contributed by atoms with van der Waals surface area (Å²) >= 11 is 0. The van der Waals surface area contributed by atoms with Gasteiger partial charge >= 0.3 is 5.97 Å². The summed E-state index contributed by atoms with van der Waals surface area (Å²) in [4.78, 5) is 15.7. The van der Waals surface area contributed by atoms with Gasteiger partial charge in [0.25, 0.3) is 0 Å². The van der Waals surface area contributed by atoms with Crippen molar-refractivity contribution in [2.75, 3.05) is 0 Å². The number of carbonyl (C=O) groups is 1. The van der Waals surface area contributed by atoms with Crippen LogP contribution in [0.4, 0.5) is 0 Å². The number of nitrogens with zero attached hydrogens (tertiary/aromatic N) is 2. The zero-order chi connectivity index (χ0) is 15.1. The van der Waals surface area contributed by atoms with Crippen LogP contribution in [0.5, 0.6) is 0 Å². The molecule has 1 aliphatic rings. The Morgan fingerprint density at radius 2 is 2.19 bits per heavy atom. The highest BCUT2D eigenvalue weighted by atomic mass is 16.4. The first-order valence-electron chi connectivity index (χ1n) is 7.74. The van der Waals surface area contributed by atoms with Gasteiger partial charge in [-0.1, -0.05) is 20.3 Å². The minimum atomic E-state index is -0.899. The summed E-state index contributed by atoms with van der Waals surface area (Å²) in [6.07, 6.45) is 3.69. The van der Waals surface area contributed by atoms with Crippen molar-refractivity contribution in [2.45, 2.75) is 46.1 Å². The summed E-state index contributed by atoms with van der Waals surface area (Å²) in [5, 5.41) is 9.11. The van der Waals surface area contributed by atoms with Crippen LogP contribution in [-0.4, -0.2) is 20.6 Å². The molecule has 0 aliphatic heterocycles. The predicted octanol–water partition coefficient (Wildman–Crippen LogP) is 4.04. The van der Waals surface area contributed by atoms with Crippen molar-refractivity contribution in [3.05, 3.63) is 29.6 Å². The summed E-state index contributed by atoms with van der Waals surface area (Å²) in [5.74, 6) is 1.51. The molecule has 4 heteroatoms. The second kappa shape index (κ2) is 5.17. The fraction of sp³-hybridized carbons (Fsp3) is 0.529. The van der Waals surface area contributed by atoms with E-state index in [0.29, 0.717) is 17.5 Å². The Labute approximate surface area is 124 Å². The number of aromatic nitrogens is 2. The van der Waals surface area contributed by atoms with Gasteiger partial charge in [-0.3, -0.25) is 0 Å². The molecule has 112 valence electrons. The van der Waals surface area contributed by atoms with E-state index in [4.69, 9.17) is 5.11 Å². The van der Waals surface area contributed by atoms with Crippen LogP contribution < -0.4 is 0 Å². The van der Waals surface area contributed by atoms with Gasteiger partial charge in [-0.05, 0) is 49.8 Å². The largest absolute Gasteiger partial charge is 0.478 e. The number of hydrogen-bond acceptors (Lipinski definition) is 2. The average Bonchev–Trinajstić information content (AvgIpc) is 2.96. The Hall–Kier alpha value is -1.84. The lowest BCUT2D eigenvalue weighted by atomic mass is 9.93. The first kappa shape index (κ1) is 14.1. The van der Waals surface area contributed by atoms with Crippen LogP contribution in [0.25, 0.3) is 11.0 Å². The SMILES string of the molecule is CCC1CCC(n2c(C)nc3cc(C(=O)O)ccc32)C1C. The highest BCUT2D eigenvalue weighted by molar-refractivity contribution is 5.92. The molecule has 1 saturated carbocycles. The van der Waals surface area contributed by atoms with Crippen LogP contribution >= 0.6 is 0 Å². The van der Waals surface area contributed by atoms with Gasteiger partial charge < -0.3 is 9.67 Å². The Balaban J connectivity index is 2.07.